The second-order valence-corrected chi connectivity index (χ2v) is 7.60. The fourth-order valence-electron chi connectivity index (χ4n) is 3.63. The SMILES string of the molecule is CC.CC.CCNC(=O)C1CCN(c2cc(-c3ccccc3)nc3ccsc23)CC1. The standard InChI is InChI=1S/C21H23N3OS.2C2H6/c1-2-22-21(25)16-8-11-24(12-9-16)19-14-18(15-6-4-3-5-7-15)23-17-10-13-26-20(17)19;2*1-2/h3-7,10,13-14,16H,2,8-9,11-12H2,1H3,(H,22,25);2*1-2H3. The summed E-state index contributed by atoms with van der Waals surface area (Å²) in [5, 5.41) is 5.07. The van der Waals surface area contributed by atoms with Crippen molar-refractivity contribution in [2.24, 2.45) is 5.92 Å². The van der Waals surface area contributed by atoms with E-state index in [1.165, 1.54) is 10.4 Å². The molecular formula is C25H35N3OS. The van der Waals surface area contributed by atoms with Crippen LogP contribution < -0.4 is 10.2 Å². The average molecular weight is 426 g/mol. The first-order valence-corrected chi connectivity index (χ1v) is 12.1. The van der Waals surface area contributed by atoms with E-state index in [4.69, 9.17) is 4.98 Å². The minimum absolute atomic E-state index is 0.139. The van der Waals surface area contributed by atoms with Crippen LogP contribution >= 0.6 is 11.3 Å². The topological polar surface area (TPSA) is 45.2 Å². The Morgan fingerprint density at radius 3 is 2.40 bits per heavy atom. The molecule has 1 aliphatic heterocycles. The highest BCUT2D eigenvalue weighted by Gasteiger charge is 2.26. The molecule has 0 radical (unpaired) electrons. The lowest BCUT2D eigenvalue weighted by Crippen LogP contribution is -2.40. The van der Waals surface area contributed by atoms with Gasteiger partial charge in [-0.1, -0.05) is 58.0 Å². The van der Waals surface area contributed by atoms with Crippen molar-refractivity contribution in [1.82, 2.24) is 10.3 Å². The molecule has 4 rings (SSSR count). The number of anilines is 1. The van der Waals surface area contributed by atoms with Crippen molar-refractivity contribution in [3.63, 3.8) is 0 Å². The van der Waals surface area contributed by atoms with Crippen LogP contribution in [0, 0.1) is 5.92 Å². The van der Waals surface area contributed by atoms with Crippen LogP contribution in [0.15, 0.2) is 47.8 Å². The summed E-state index contributed by atoms with van der Waals surface area (Å²) in [5.41, 5.74) is 4.45. The van der Waals surface area contributed by atoms with Gasteiger partial charge in [0.15, 0.2) is 0 Å². The maximum absolute atomic E-state index is 12.1. The summed E-state index contributed by atoms with van der Waals surface area (Å²) in [6, 6.07) is 14.6. The van der Waals surface area contributed by atoms with Crippen LogP contribution in [-0.2, 0) is 4.79 Å². The van der Waals surface area contributed by atoms with Gasteiger partial charge in [-0.3, -0.25) is 4.79 Å². The van der Waals surface area contributed by atoms with Gasteiger partial charge >= 0.3 is 0 Å². The highest BCUT2D eigenvalue weighted by atomic mass is 32.1. The number of nitrogens with one attached hydrogen (secondary N) is 1. The molecule has 1 fully saturated rings. The number of benzene rings is 1. The van der Waals surface area contributed by atoms with Gasteiger partial charge in [-0.25, -0.2) is 4.98 Å². The summed E-state index contributed by atoms with van der Waals surface area (Å²) >= 11 is 1.74. The first kappa shape index (κ1) is 23.9. The highest BCUT2D eigenvalue weighted by Crippen LogP contribution is 2.36. The second-order valence-electron chi connectivity index (χ2n) is 6.68. The number of amides is 1. The van der Waals surface area contributed by atoms with Gasteiger partial charge in [0.2, 0.25) is 5.91 Å². The molecule has 0 saturated carbocycles. The van der Waals surface area contributed by atoms with Crippen LogP contribution in [0.5, 0.6) is 0 Å². The Labute approximate surface area is 185 Å². The number of pyridine rings is 1. The Kier molecular flexibility index (Phi) is 9.81. The van der Waals surface area contributed by atoms with E-state index in [2.05, 4.69) is 39.9 Å². The maximum atomic E-state index is 12.1. The first-order valence-electron chi connectivity index (χ1n) is 11.2. The van der Waals surface area contributed by atoms with E-state index in [0.717, 1.165) is 42.7 Å². The molecule has 1 saturated heterocycles. The van der Waals surface area contributed by atoms with Crippen molar-refractivity contribution in [3.05, 3.63) is 47.8 Å². The molecule has 5 heteroatoms. The molecule has 30 heavy (non-hydrogen) atoms. The molecule has 0 bridgehead atoms. The predicted octanol–water partition coefficient (Wildman–Crippen LogP) is 6.37. The van der Waals surface area contributed by atoms with E-state index in [1.54, 1.807) is 11.3 Å². The summed E-state index contributed by atoms with van der Waals surface area (Å²) in [7, 11) is 0. The van der Waals surface area contributed by atoms with Crippen LogP contribution in [0.25, 0.3) is 21.5 Å². The maximum Gasteiger partial charge on any atom is 0.223 e. The number of nitrogens with zero attached hydrogens (tertiary/aromatic N) is 2. The van der Waals surface area contributed by atoms with Crippen molar-refractivity contribution in [1.29, 1.82) is 0 Å². The highest BCUT2D eigenvalue weighted by molar-refractivity contribution is 7.17. The number of aromatic nitrogens is 1. The van der Waals surface area contributed by atoms with Gasteiger partial charge in [0.25, 0.3) is 0 Å². The smallest absolute Gasteiger partial charge is 0.223 e. The zero-order valence-electron chi connectivity index (χ0n) is 18.9. The molecule has 2 aromatic heterocycles. The average Bonchev–Trinajstić information content (AvgIpc) is 3.31. The molecule has 3 heterocycles. The van der Waals surface area contributed by atoms with E-state index in [0.29, 0.717) is 6.54 Å². The van der Waals surface area contributed by atoms with Crippen molar-refractivity contribution in [2.45, 2.75) is 47.5 Å². The molecule has 162 valence electrons. The molecule has 3 aromatic rings. The summed E-state index contributed by atoms with van der Waals surface area (Å²) in [6.07, 6.45) is 1.81. The van der Waals surface area contributed by atoms with E-state index in [1.807, 2.05) is 52.8 Å². The molecule has 0 unspecified atom stereocenters. The van der Waals surface area contributed by atoms with Crippen LogP contribution in [0.3, 0.4) is 0 Å². The van der Waals surface area contributed by atoms with E-state index in [-0.39, 0.29) is 11.8 Å². The minimum Gasteiger partial charge on any atom is -0.370 e. The number of piperidine rings is 1. The van der Waals surface area contributed by atoms with Gasteiger partial charge in [0.05, 0.1) is 21.6 Å². The van der Waals surface area contributed by atoms with Crippen LogP contribution in [0.2, 0.25) is 0 Å². The fraction of sp³-hybridized carbons (Fsp3) is 0.440. The van der Waals surface area contributed by atoms with Crippen LogP contribution in [0.1, 0.15) is 47.5 Å². The predicted molar refractivity (Wildman–Crippen MR) is 131 cm³/mol. The summed E-state index contributed by atoms with van der Waals surface area (Å²) < 4.78 is 1.24. The monoisotopic (exact) mass is 425 g/mol. The summed E-state index contributed by atoms with van der Waals surface area (Å²) in [4.78, 5) is 19.4. The van der Waals surface area contributed by atoms with Gasteiger partial charge in [0, 0.05) is 31.1 Å². The molecule has 1 aliphatic rings. The molecule has 4 nitrogen and oxygen atoms in total. The first-order chi connectivity index (χ1) is 14.8. The Balaban J connectivity index is 0.000000757. The third-order valence-electron chi connectivity index (χ3n) is 5.02. The van der Waals surface area contributed by atoms with Crippen molar-refractivity contribution in [3.8, 4) is 11.3 Å². The number of carbonyl (C=O) groups is 1. The van der Waals surface area contributed by atoms with Gasteiger partial charge in [-0.2, -0.15) is 0 Å². The third kappa shape index (κ3) is 5.60. The van der Waals surface area contributed by atoms with Crippen LogP contribution in [-0.4, -0.2) is 30.5 Å². The van der Waals surface area contributed by atoms with Gasteiger partial charge in [-0.15, -0.1) is 11.3 Å². The van der Waals surface area contributed by atoms with E-state index < -0.39 is 0 Å². The molecular weight excluding hydrogens is 390 g/mol. The molecule has 0 spiro atoms. The lowest BCUT2D eigenvalue weighted by Gasteiger charge is -2.33. The number of carbonyl (C=O) groups excluding carboxylic acids is 1. The van der Waals surface area contributed by atoms with Crippen LogP contribution in [0.4, 0.5) is 5.69 Å². The quantitative estimate of drug-likeness (QED) is 0.528. The third-order valence-corrected chi connectivity index (χ3v) is 5.94. The Morgan fingerprint density at radius 1 is 1.10 bits per heavy atom. The molecule has 1 N–H and O–H groups in total. The van der Waals surface area contributed by atoms with Gasteiger partial charge in [-0.05, 0) is 37.3 Å². The lowest BCUT2D eigenvalue weighted by atomic mass is 9.95. The van der Waals surface area contributed by atoms with Gasteiger partial charge in [0.1, 0.15) is 0 Å². The number of fused-ring (bicyclic) bond motifs is 1. The molecule has 1 amide bonds. The van der Waals surface area contributed by atoms with Crippen molar-refractivity contribution < 1.29 is 4.79 Å². The number of hydrogen-bond acceptors (Lipinski definition) is 4. The minimum atomic E-state index is 0.139. The molecule has 1 aromatic carbocycles. The summed E-state index contributed by atoms with van der Waals surface area (Å²) in [5.74, 6) is 0.341. The zero-order chi connectivity index (χ0) is 21.9. The van der Waals surface area contributed by atoms with E-state index >= 15 is 0 Å². The zero-order valence-corrected chi connectivity index (χ0v) is 19.8. The fourth-order valence-corrected chi connectivity index (χ4v) is 4.51. The Bertz CT molecular complexity index is 899. The summed E-state index contributed by atoms with van der Waals surface area (Å²) in [6.45, 7) is 12.5. The molecule has 0 atom stereocenters. The number of rotatable bonds is 4. The number of thiophene rings is 1. The lowest BCUT2D eigenvalue weighted by molar-refractivity contribution is -0.125. The second kappa shape index (κ2) is 12.3. The number of hydrogen-bond donors (Lipinski definition) is 1. The largest absolute Gasteiger partial charge is 0.370 e. The Hall–Kier alpha value is -2.40. The van der Waals surface area contributed by atoms with Crippen molar-refractivity contribution in [2.75, 3.05) is 24.5 Å². The Morgan fingerprint density at radius 2 is 1.77 bits per heavy atom. The van der Waals surface area contributed by atoms with Crippen molar-refractivity contribution >= 4 is 33.1 Å². The normalized spacial score (nSPS) is 13.7. The van der Waals surface area contributed by atoms with Gasteiger partial charge < -0.3 is 10.2 Å². The molecule has 0 aliphatic carbocycles. The van der Waals surface area contributed by atoms with E-state index in [9.17, 15) is 4.79 Å².